The monoisotopic (exact) mass is 501 g/mol. The van der Waals surface area contributed by atoms with Crippen molar-refractivity contribution < 1.29 is 9.53 Å². The van der Waals surface area contributed by atoms with Gasteiger partial charge in [-0.1, -0.05) is 12.1 Å². The number of methoxy groups -OCH3 is 1. The molecule has 37 heavy (non-hydrogen) atoms. The van der Waals surface area contributed by atoms with Crippen molar-refractivity contribution in [1.29, 1.82) is 0 Å². The summed E-state index contributed by atoms with van der Waals surface area (Å²) in [4.78, 5) is 27.2. The molecule has 1 aromatic heterocycles. The normalized spacial score (nSPS) is 16.1. The van der Waals surface area contributed by atoms with Gasteiger partial charge < -0.3 is 30.5 Å². The summed E-state index contributed by atoms with van der Waals surface area (Å²) >= 11 is 0. The number of likely N-dealkylation sites (N-methyl/N-ethyl adjacent to an activating group) is 1. The summed E-state index contributed by atoms with van der Waals surface area (Å²) in [5, 5.41) is 9.73. The Bertz CT molecular complexity index is 1240. The molecular formula is C28H35N7O2. The zero-order valence-corrected chi connectivity index (χ0v) is 21.8. The van der Waals surface area contributed by atoms with E-state index in [0.29, 0.717) is 34.8 Å². The lowest BCUT2D eigenvalue weighted by molar-refractivity contribution is 0.102. The van der Waals surface area contributed by atoms with Crippen LogP contribution >= 0.6 is 0 Å². The molecule has 5 rings (SSSR count). The number of rotatable bonds is 8. The quantitative estimate of drug-likeness (QED) is 0.415. The van der Waals surface area contributed by atoms with Crippen molar-refractivity contribution in [2.75, 3.05) is 61.2 Å². The highest BCUT2D eigenvalue weighted by Gasteiger charge is 2.23. The van der Waals surface area contributed by atoms with Gasteiger partial charge in [-0.05, 0) is 69.1 Å². The van der Waals surface area contributed by atoms with Gasteiger partial charge in [0.25, 0.3) is 5.91 Å². The molecule has 3 N–H and O–H groups in total. The second-order valence-corrected chi connectivity index (χ2v) is 9.80. The van der Waals surface area contributed by atoms with Gasteiger partial charge in [0.15, 0.2) is 0 Å². The number of nitrogens with one attached hydrogen (secondary N) is 3. The SMILES string of the molecule is COc1cccc(C)c1NC(=O)c1cnc(Nc2ccc(N3CCN(C)CC3)cc2)nc1NC1CCC1. The molecule has 194 valence electrons. The first kappa shape index (κ1) is 24.8. The zero-order valence-electron chi connectivity index (χ0n) is 21.8. The largest absolute Gasteiger partial charge is 0.495 e. The molecule has 0 radical (unpaired) electrons. The van der Waals surface area contributed by atoms with Crippen LogP contribution in [-0.4, -0.2) is 67.2 Å². The molecule has 0 bridgehead atoms. The number of carbonyl (C=O) groups is 1. The molecule has 0 spiro atoms. The molecule has 2 aliphatic rings. The number of para-hydroxylation sites is 1. The minimum atomic E-state index is -0.280. The number of ether oxygens (including phenoxy) is 1. The van der Waals surface area contributed by atoms with Crippen LogP contribution in [-0.2, 0) is 0 Å². The van der Waals surface area contributed by atoms with E-state index in [1.165, 1.54) is 12.1 Å². The van der Waals surface area contributed by atoms with Gasteiger partial charge in [0.2, 0.25) is 5.95 Å². The zero-order chi connectivity index (χ0) is 25.8. The third-order valence-corrected chi connectivity index (χ3v) is 7.16. The number of nitrogens with zero attached hydrogens (tertiary/aromatic N) is 4. The molecule has 9 nitrogen and oxygen atoms in total. The first-order chi connectivity index (χ1) is 18.0. The molecule has 1 saturated heterocycles. The summed E-state index contributed by atoms with van der Waals surface area (Å²) in [6.45, 7) is 6.13. The minimum absolute atomic E-state index is 0.280. The molecule has 3 aromatic rings. The van der Waals surface area contributed by atoms with Gasteiger partial charge in [-0.25, -0.2) is 4.98 Å². The number of amides is 1. The van der Waals surface area contributed by atoms with Crippen molar-refractivity contribution in [3.8, 4) is 5.75 Å². The molecule has 1 aliphatic heterocycles. The molecule has 2 aromatic carbocycles. The summed E-state index contributed by atoms with van der Waals surface area (Å²) in [5.74, 6) is 1.30. The highest BCUT2D eigenvalue weighted by atomic mass is 16.5. The van der Waals surface area contributed by atoms with Crippen LogP contribution in [0.25, 0.3) is 0 Å². The van der Waals surface area contributed by atoms with Crippen LogP contribution in [0, 0.1) is 6.92 Å². The Morgan fingerprint density at radius 2 is 1.81 bits per heavy atom. The molecular weight excluding hydrogens is 466 g/mol. The Kier molecular flexibility index (Phi) is 7.41. The molecule has 0 unspecified atom stereocenters. The van der Waals surface area contributed by atoms with Gasteiger partial charge in [0.05, 0.1) is 12.8 Å². The second kappa shape index (κ2) is 11.0. The van der Waals surface area contributed by atoms with Crippen molar-refractivity contribution >= 4 is 34.7 Å². The van der Waals surface area contributed by atoms with Crippen molar-refractivity contribution in [2.45, 2.75) is 32.2 Å². The highest BCUT2D eigenvalue weighted by Crippen LogP contribution is 2.30. The third-order valence-electron chi connectivity index (χ3n) is 7.16. The molecule has 2 fully saturated rings. The molecule has 9 heteroatoms. The molecule has 1 saturated carbocycles. The maximum absolute atomic E-state index is 13.3. The Morgan fingerprint density at radius 3 is 2.49 bits per heavy atom. The smallest absolute Gasteiger partial charge is 0.261 e. The Labute approximate surface area is 218 Å². The molecule has 0 atom stereocenters. The highest BCUT2D eigenvalue weighted by molar-refractivity contribution is 6.08. The van der Waals surface area contributed by atoms with Crippen LogP contribution < -0.4 is 25.6 Å². The third kappa shape index (κ3) is 5.77. The van der Waals surface area contributed by atoms with Gasteiger partial charge in [0.1, 0.15) is 17.1 Å². The van der Waals surface area contributed by atoms with Crippen LogP contribution in [0.3, 0.4) is 0 Å². The number of hydrogen-bond donors (Lipinski definition) is 3. The van der Waals surface area contributed by atoms with E-state index >= 15 is 0 Å². The summed E-state index contributed by atoms with van der Waals surface area (Å²) in [7, 11) is 3.75. The number of anilines is 5. The first-order valence-corrected chi connectivity index (χ1v) is 12.9. The fourth-order valence-electron chi connectivity index (χ4n) is 4.57. The van der Waals surface area contributed by atoms with E-state index in [0.717, 1.165) is 50.3 Å². The molecule has 1 aliphatic carbocycles. The Hall–Kier alpha value is -3.85. The number of aromatic nitrogens is 2. The summed E-state index contributed by atoms with van der Waals surface area (Å²) in [5.41, 5.74) is 4.07. The van der Waals surface area contributed by atoms with E-state index in [4.69, 9.17) is 9.72 Å². The van der Waals surface area contributed by atoms with Gasteiger partial charge in [-0.15, -0.1) is 0 Å². The summed E-state index contributed by atoms with van der Waals surface area (Å²) < 4.78 is 5.44. The van der Waals surface area contributed by atoms with E-state index in [9.17, 15) is 4.79 Å². The van der Waals surface area contributed by atoms with E-state index in [1.807, 2.05) is 37.3 Å². The Balaban J connectivity index is 1.33. The van der Waals surface area contributed by atoms with Crippen molar-refractivity contribution in [2.24, 2.45) is 0 Å². The summed E-state index contributed by atoms with van der Waals surface area (Å²) in [6.07, 6.45) is 4.88. The number of benzene rings is 2. The van der Waals surface area contributed by atoms with E-state index in [-0.39, 0.29) is 5.91 Å². The fourth-order valence-corrected chi connectivity index (χ4v) is 4.57. The van der Waals surface area contributed by atoms with Crippen LogP contribution in [0.15, 0.2) is 48.7 Å². The second-order valence-electron chi connectivity index (χ2n) is 9.80. The average Bonchev–Trinajstić information content (AvgIpc) is 2.88. The summed E-state index contributed by atoms with van der Waals surface area (Å²) in [6, 6.07) is 14.3. The number of hydrogen-bond acceptors (Lipinski definition) is 8. The molecule has 1 amide bonds. The van der Waals surface area contributed by atoms with Crippen molar-refractivity contribution in [1.82, 2.24) is 14.9 Å². The maximum Gasteiger partial charge on any atom is 0.261 e. The lowest BCUT2D eigenvalue weighted by Crippen LogP contribution is -2.44. The predicted octanol–water partition coefficient (Wildman–Crippen LogP) is 4.51. The van der Waals surface area contributed by atoms with Gasteiger partial charge in [0, 0.05) is 49.8 Å². The standard InChI is InChI=1S/C28H35N7O2/c1-19-6-4-9-24(37-3)25(19)32-27(36)23-18-29-28(33-26(23)30-20-7-5-8-20)31-21-10-12-22(13-11-21)35-16-14-34(2)15-17-35/h4,6,9-13,18,20H,5,7-8,14-17H2,1-3H3,(H,32,36)(H2,29,30,31,33). The van der Waals surface area contributed by atoms with E-state index in [1.54, 1.807) is 13.3 Å². The van der Waals surface area contributed by atoms with Crippen LogP contribution in [0.4, 0.5) is 28.8 Å². The molecule has 2 heterocycles. The lowest BCUT2D eigenvalue weighted by Gasteiger charge is -2.34. The van der Waals surface area contributed by atoms with Gasteiger partial charge in [-0.3, -0.25) is 4.79 Å². The van der Waals surface area contributed by atoms with Crippen LogP contribution in [0.1, 0.15) is 35.2 Å². The lowest BCUT2D eigenvalue weighted by atomic mass is 9.93. The van der Waals surface area contributed by atoms with E-state index in [2.05, 4.69) is 49.9 Å². The van der Waals surface area contributed by atoms with Crippen LogP contribution in [0.5, 0.6) is 5.75 Å². The van der Waals surface area contributed by atoms with Crippen molar-refractivity contribution in [3.05, 3.63) is 59.8 Å². The maximum atomic E-state index is 13.3. The Morgan fingerprint density at radius 1 is 1.05 bits per heavy atom. The van der Waals surface area contributed by atoms with Gasteiger partial charge >= 0.3 is 0 Å². The first-order valence-electron chi connectivity index (χ1n) is 12.9. The average molecular weight is 502 g/mol. The number of aryl methyl sites for hydroxylation is 1. The number of piperazine rings is 1. The minimum Gasteiger partial charge on any atom is -0.495 e. The number of carbonyl (C=O) groups excluding carboxylic acids is 1. The van der Waals surface area contributed by atoms with E-state index < -0.39 is 0 Å². The van der Waals surface area contributed by atoms with Crippen molar-refractivity contribution in [3.63, 3.8) is 0 Å². The van der Waals surface area contributed by atoms with Gasteiger partial charge in [-0.2, -0.15) is 4.98 Å². The topological polar surface area (TPSA) is 94.6 Å². The predicted molar refractivity (Wildman–Crippen MR) is 148 cm³/mol. The fraction of sp³-hybridized carbons (Fsp3) is 0.393. The van der Waals surface area contributed by atoms with Crippen LogP contribution in [0.2, 0.25) is 0 Å².